The molecule has 0 rings (SSSR count). The second kappa shape index (κ2) is 4.19. The summed E-state index contributed by atoms with van der Waals surface area (Å²) in [5, 5.41) is 3.00. The Kier molecular flexibility index (Phi) is 3.85. The fraction of sp³-hybridized carbons (Fsp3) is 0.500. The lowest BCUT2D eigenvalue weighted by Gasteiger charge is -1.96. The van der Waals surface area contributed by atoms with Gasteiger partial charge in [0.2, 0.25) is 0 Å². The van der Waals surface area contributed by atoms with E-state index in [0.29, 0.717) is 5.92 Å². The van der Waals surface area contributed by atoms with Gasteiger partial charge in [0, 0.05) is 5.70 Å². The van der Waals surface area contributed by atoms with Gasteiger partial charge in [0.05, 0.1) is 0 Å². The van der Waals surface area contributed by atoms with Crippen LogP contribution in [0.25, 0.3) is 0 Å². The third kappa shape index (κ3) is 7.28. The van der Waals surface area contributed by atoms with Crippen molar-refractivity contribution in [3.05, 3.63) is 24.6 Å². The Morgan fingerprint density at radius 3 is 2.44 bits per heavy atom. The molecular formula is C8H15N. The quantitative estimate of drug-likeness (QED) is 0.610. The molecule has 0 aromatic carbocycles. The number of hydrogen-bond donors (Lipinski definition) is 1. The molecule has 52 valence electrons. The molecule has 0 atom stereocenters. The van der Waals surface area contributed by atoms with Crippen LogP contribution in [0.3, 0.4) is 0 Å². The Balaban J connectivity index is 3.36. The lowest BCUT2D eigenvalue weighted by atomic mass is 10.2. The lowest BCUT2D eigenvalue weighted by Crippen LogP contribution is -1.99. The highest BCUT2D eigenvalue weighted by Gasteiger charge is 1.80. The molecule has 0 spiro atoms. The third-order valence-corrected chi connectivity index (χ3v) is 0.811. The fourth-order valence-electron chi connectivity index (χ4n) is 0.383. The molecule has 0 heterocycles. The Morgan fingerprint density at radius 2 is 2.11 bits per heavy atom. The molecule has 0 bridgehead atoms. The summed E-state index contributed by atoms with van der Waals surface area (Å²) in [7, 11) is 0. The second-order valence-corrected chi connectivity index (χ2v) is 2.53. The molecule has 0 amide bonds. The van der Waals surface area contributed by atoms with Crippen molar-refractivity contribution in [1.29, 1.82) is 0 Å². The lowest BCUT2D eigenvalue weighted by molar-refractivity contribution is 0.821. The van der Waals surface area contributed by atoms with Crippen LogP contribution in [0.1, 0.15) is 20.8 Å². The average Bonchev–Trinajstić information content (AvgIpc) is 1.63. The Bertz CT molecular complexity index is 112. The maximum absolute atomic E-state index is 3.69. The molecular weight excluding hydrogens is 110 g/mol. The van der Waals surface area contributed by atoms with Gasteiger partial charge in [0.15, 0.2) is 0 Å². The zero-order valence-corrected chi connectivity index (χ0v) is 6.44. The molecule has 9 heavy (non-hydrogen) atoms. The highest BCUT2D eigenvalue weighted by molar-refractivity contribution is 4.94. The van der Waals surface area contributed by atoms with Crippen molar-refractivity contribution < 1.29 is 0 Å². The molecule has 0 aromatic rings. The molecule has 0 radical (unpaired) electrons. The van der Waals surface area contributed by atoms with Gasteiger partial charge in [0.1, 0.15) is 0 Å². The van der Waals surface area contributed by atoms with Crippen LogP contribution in [-0.4, -0.2) is 0 Å². The van der Waals surface area contributed by atoms with Gasteiger partial charge in [0.25, 0.3) is 0 Å². The van der Waals surface area contributed by atoms with Crippen LogP contribution in [0.4, 0.5) is 0 Å². The van der Waals surface area contributed by atoms with E-state index >= 15 is 0 Å². The first-order valence-electron chi connectivity index (χ1n) is 3.21. The van der Waals surface area contributed by atoms with E-state index in [4.69, 9.17) is 0 Å². The average molecular weight is 125 g/mol. The van der Waals surface area contributed by atoms with Crippen molar-refractivity contribution in [1.82, 2.24) is 5.32 Å². The van der Waals surface area contributed by atoms with Crippen molar-refractivity contribution in [2.24, 2.45) is 5.92 Å². The Hall–Kier alpha value is -0.720. The van der Waals surface area contributed by atoms with Crippen LogP contribution >= 0.6 is 0 Å². The minimum Gasteiger partial charge on any atom is -0.366 e. The highest BCUT2D eigenvalue weighted by Crippen LogP contribution is 1.91. The normalized spacial score (nSPS) is 10.7. The van der Waals surface area contributed by atoms with E-state index in [1.807, 2.05) is 13.1 Å². The molecule has 0 fully saturated rings. The predicted molar refractivity (Wildman–Crippen MR) is 41.9 cm³/mol. The second-order valence-electron chi connectivity index (χ2n) is 2.53. The zero-order chi connectivity index (χ0) is 7.28. The van der Waals surface area contributed by atoms with E-state index < -0.39 is 0 Å². The summed E-state index contributed by atoms with van der Waals surface area (Å²) < 4.78 is 0. The SMILES string of the molecule is C=C(C)N/C=C\C(C)C. The van der Waals surface area contributed by atoms with Crippen molar-refractivity contribution >= 4 is 0 Å². The summed E-state index contributed by atoms with van der Waals surface area (Å²) in [6.07, 6.45) is 4.02. The van der Waals surface area contributed by atoms with Gasteiger partial charge in [-0.1, -0.05) is 26.5 Å². The molecule has 0 unspecified atom stereocenters. The summed E-state index contributed by atoms with van der Waals surface area (Å²) in [6.45, 7) is 9.90. The molecule has 1 N–H and O–H groups in total. The Morgan fingerprint density at radius 1 is 1.56 bits per heavy atom. The van der Waals surface area contributed by atoms with Gasteiger partial charge in [-0.2, -0.15) is 0 Å². The molecule has 0 aromatic heterocycles. The number of nitrogens with one attached hydrogen (secondary N) is 1. The monoisotopic (exact) mass is 125 g/mol. The van der Waals surface area contributed by atoms with Crippen LogP contribution in [0.2, 0.25) is 0 Å². The number of hydrogen-bond acceptors (Lipinski definition) is 1. The van der Waals surface area contributed by atoms with Crippen LogP contribution in [0.15, 0.2) is 24.6 Å². The van der Waals surface area contributed by atoms with Gasteiger partial charge >= 0.3 is 0 Å². The van der Waals surface area contributed by atoms with Gasteiger partial charge in [-0.25, -0.2) is 0 Å². The Labute approximate surface area is 57.5 Å². The minimum absolute atomic E-state index is 0.608. The summed E-state index contributed by atoms with van der Waals surface area (Å²) in [5.41, 5.74) is 0.979. The standard InChI is InChI=1S/C8H15N/c1-7(2)5-6-9-8(3)4/h5-7,9H,3H2,1-2,4H3/b6-5-. The molecule has 1 nitrogen and oxygen atoms in total. The van der Waals surface area contributed by atoms with Crippen molar-refractivity contribution in [2.45, 2.75) is 20.8 Å². The first-order chi connectivity index (χ1) is 4.13. The van der Waals surface area contributed by atoms with E-state index in [1.165, 1.54) is 0 Å². The van der Waals surface area contributed by atoms with Crippen LogP contribution in [0.5, 0.6) is 0 Å². The molecule has 0 aliphatic rings. The maximum atomic E-state index is 3.69. The summed E-state index contributed by atoms with van der Waals surface area (Å²) >= 11 is 0. The van der Waals surface area contributed by atoms with E-state index in [2.05, 4.69) is 31.8 Å². The minimum atomic E-state index is 0.608. The maximum Gasteiger partial charge on any atom is 0.00419 e. The third-order valence-electron chi connectivity index (χ3n) is 0.811. The van der Waals surface area contributed by atoms with Crippen molar-refractivity contribution in [2.75, 3.05) is 0 Å². The van der Waals surface area contributed by atoms with Gasteiger partial charge in [-0.3, -0.25) is 0 Å². The molecule has 0 saturated heterocycles. The summed E-state index contributed by atoms with van der Waals surface area (Å²) in [5.74, 6) is 0.608. The fourth-order valence-corrected chi connectivity index (χ4v) is 0.383. The zero-order valence-electron chi connectivity index (χ0n) is 6.44. The smallest absolute Gasteiger partial charge is 0.00419 e. The summed E-state index contributed by atoms with van der Waals surface area (Å²) in [4.78, 5) is 0. The highest BCUT2D eigenvalue weighted by atomic mass is 14.8. The van der Waals surface area contributed by atoms with E-state index in [0.717, 1.165) is 5.70 Å². The molecule has 0 aliphatic heterocycles. The van der Waals surface area contributed by atoms with E-state index in [9.17, 15) is 0 Å². The first-order valence-corrected chi connectivity index (χ1v) is 3.21. The van der Waals surface area contributed by atoms with Gasteiger partial charge in [-0.15, -0.1) is 0 Å². The van der Waals surface area contributed by atoms with Crippen LogP contribution in [0, 0.1) is 5.92 Å². The van der Waals surface area contributed by atoms with Gasteiger partial charge in [-0.05, 0) is 19.0 Å². The molecule has 1 heteroatoms. The van der Waals surface area contributed by atoms with E-state index in [1.54, 1.807) is 0 Å². The van der Waals surface area contributed by atoms with Gasteiger partial charge < -0.3 is 5.32 Å². The van der Waals surface area contributed by atoms with Crippen LogP contribution in [-0.2, 0) is 0 Å². The van der Waals surface area contributed by atoms with E-state index in [-0.39, 0.29) is 0 Å². The topological polar surface area (TPSA) is 12.0 Å². The van der Waals surface area contributed by atoms with Crippen molar-refractivity contribution in [3.8, 4) is 0 Å². The molecule has 0 aliphatic carbocycles. The summed E-state index contributed by atoms with van der Waals surface area (Å²) in [6, 6.07) is 0. The predicted octanol–water partition coefficient (Wildman–Crippen LogP) is 2.28. The number of allylic oxidation sites excluding steroid dienone is 2. The number of rotatable bonds is 3. The van der Waals surface area contributed by atoms with Crippen LogP contribution < -0.4 is 5.32 Å². The molecule has 0 saturated carbocycles. The van der Waals surface area contributed by atoms with Crippen molar-refractivity contribution in [3.63, 3.8) is 0 Å². The first kappa shape index (κ1) is 8.28. The largest absolute Gasteiger partial charge is 0.366 e.